The lowest BCUT2D eigenvalue weighted by atomic mass is 9.97. The van der Waals surface area contributed by atoms with Gasteiger partial charge in [0.15, 0.2) is 0 Å². The normalized spacial score (nSPS) is 11.2. The van der Waals surface area contributed by atoms with E-state index in [2.05, 4.69) is 48.5 Å². The molecule has 0 atom stereocenters. The van der Waals surface area contributed by atoms with Gasteiger partial charge in [-0.05, 0) is 55.1 Å². The summed E-state index contributed by atoms with van der Waals surface area (Å²) in [5.41, 5.74) is 8.04. The summed E-state index contributed by atoms with van der Waals surface area (Å²) in [5, 5.41) is 0. The minimum Gasteiger partial charge on any atom is -0.415 e. The highest BCUT2D eigenvalue weighted by molar-refractivity contribution is 5.70. The Bertz CT molecular complexity index is 815. The number of aromatic nitrogens is 2. The number of aryl methyl sites for hydroxylation is 4. The van der Waals surface area contributed by atoms with Crippen LogP contribution in [-0.4, -0.2) is 4.98 Å². The van der Waals surface area contributed by atoms with Gasteiger partial charge < -0.3 is 4.42 Å². The fourth-order valence-corrected chi connectivity index (χ4v) is 2.74. The molecule has 2 heterocycles. The molecule has 0 fully saturated rings. The molecule has 0 saturated carbocycles. The van der Waals surface area contributed by atoms with Crippen LogP contribution in [0.25, 0.3) is 22.5 Å². The standard InChI is InChI=1S/C17H19N2O/c1-10-8-11(2)12(3)14(9-10)15-6-7-16-17(19(15)5)18-13(4)20-16/h6-9H,1-5H3/q+1. The Hall–Kier alpha value is -2.16. The molecule has 0 aliphatic heterocycles. The Morgan fingerprint density at radius 3 is 2.55 bits per heavy atom. The van der Waals surface area contributed by atoms with E-state index in [9.17, 15) is 0 Å². The number of benzene rings is 1. The van der Waals surface area contributed by atoms with Crippen LogP contribution < -0.4 is 4.57 Å². The topological polar surface area (TPSA) is 29.9 Å². The molecule has 3 heteroatoms. The third-order valence-electron chi connectivity index (χ3n) is 3.90. The highest BCUT2D eigenvalue weighted by atomic mass is 16.3. The van der Waals surface area contributed by atoms with E-state index < -0.39 is 0 Å². The summed E-state index contributed by atoms with van der Waals surface area (Å²) in [6.07, 6.45) is 0. The van der Waals surface area contributed by atoms with Crippen molar-refractivity contribution in [2.75, 3.05) is 0 Å². The van der Waals surface area contributed by atoms with E-state index in [-0.39, 0.29) is 0 Å². The van der Waals surface area contributed by atoms with Gasteiger partial charge in [0.25, 0.3) is 0 Å². The Kier molecular flexibility index (Phi) is 2.85. The van der Waals surface area contributed by atoms with Crippen molar-refractivity contribution < 1.29 is 8.98 Å². The van der Waals surface area contributed by atoms with Crippen molar-refractivity contribution in [1.82, 2.24) is 4.98 Å². The summed E-state index contributed by atoms with van der Waals surface area (Å²) in [7, 11) is 2.04. The third-order valence-corrected chi connectivity index (χ3v) is 3.90. The Labute approximate surface area is 118 Å². The molecule has 0 bridgehead atoms. The Balaban J connectivity index is 2.32. The predicted octanol–water partition coefficient (Wildman–Crippen LogP) is 3.55. The SMILES string of the molecule is Cc1cc(C)c(C)c(-c2ccc3oc(C)nc3[n+]2C)c1. The van der Waals surface area contributed by atoms with Gasteiger partial charge in [0.05, 0.1) is 7.05 Å². The first-order valence-electron chi connectivity index (χ1n) is 6.82. The van der Waals surface area contributed by atoms with Crippen molar-refractivity contribution >= 4 is 11.2 Å². The van der Waals surface area contributed by atoms with Crippen molar-refractivity contribution in [1.29, 1.82) is 0 Å². The first-order chi connectivity index (χ1) is 9.47. The minimum absolute atomic E-state index is 0.699. The lowest BCUT2D eigenvalue weighted by Crippen LogP contribution is -2.32. The summed E-state index contributed by atoms with van der Waals surface area (Å²) in [6.45, 7) is 8.34. The van der Waals surface area contributed by atoms with Crippen LogP contribution in [0.1, 0.15) is 22.6 Å². The summed E-state index contributed by atoms with van der Waals surface area (Å²) in [4.78, 5) is 4.47. The Morgan fingerprint density at radius 2 is 1.80 bits per heavy atom. The van der Waals surface area contributed by atoms with Gasteiger partial charge in [-0.15, -0.1) is 0 Å². The van der Waals surface area contributed by atoms with Crippen LogP contribution in [-0.2, 0) is 7.05 Å². The largest absolute Gasteiger partial charge is 0.415 e. The van der Waals surface area contributed by atoms with E-state index >= 15 is 0 Å². The van der Waals surface area contributed by atoms with Gasteiger partial charge >= 0.3 is 11.5 Å². The van der Waals surface area contributed by atoms with Crippen molar-refractivity contribution in [2.45, 2.75) is 27.7 Å². The maximum absolute atomic E-state index is 5.59. The van der Waals surface area contributed by atoms with Gasteiger partial charge in [-0.3, -0.25) is 0 Å². The Morgan fingerprint density at radius 1 is 1.05 bits per heavy atom. The highest BCUT2D eigenvalue weighted by Crippen LogP contribution is 2.26. The zero-order valence-corrected chi connectivity index (χ0v) is 12.6. The number of oxazole rings is 1. The quantitative estimate of drug-likeness (QED) is 0.631. The molecule has 0 spiro atoms. The summed E-state index contributed by atoms with van der Waals surface area (Å²) in [6, 6.07) is 8.56. The zero-order valence-electron chi connectivity index (χ0n) is 12.6. The number of nitrogens with zero attached hydrogens (tertiary/aromatic N) is 2. The van der Waals surface area contributed by atoms with Gasteiger partial charge in [0.1, 0.15) is 5.69 Å². The van der Waals surface area contributed by atoms with Crippen LogP contribution in [0.5, 0.6) is 0 Å². The average molecular weight is 267 g/mol. The van der Waals surface area contributed by atoms with Crippen molar-refractivity contribution in [3.05, 3.63) is 46.8 Å². The van der Waals surface area contributed by atoms with Crippen molar-refractivity contribution in [3.8, 4) is 11.3 Å². The van der Waals surface area contributed by atoms with Crippen LogP contribution in [0.3, 0.4) is 0 Å². The second-order valence-corrected chi connectivity index (χ2v) is 5.45. The lowest BCUT2D eigenvalue weighted by molar-refractivity contribution is -0.635. The number of rotatable bonds is 1. The first kappa shape index (κ1) is 12.9. The van der Waals surface area contributed by atoms with Crippen molar-refractivity contribution in [3.63, 3.8) is 0 Å². The number of fused-ring (bicyclic) bond motifs is 1. The fraction of sp³-hybridized carbons (Fsp3) is 0.294. The smallest absolute Gasteiger partial charge is 0.370 e. The molecule has 0 unspecified atom stereocenters. The fourth-order valence-electron chi connectivity index (χ4n) is 2.74. The second-order valence-electron chi connectivity index (χ2n) is 5.45. The molecule has 0 N–H and O–H groups in total. The third kappa shape index (κ3) is 1.90. The number of pyridine rings is 1. The van der Waals surface area contributed by atoms with E-state index in [0.29, 0.717) is 5.89 Å². The maximum Gasteiger partial charge on any atom is 0.370 e. The average Bonchev–Trinajstić information content (AvgIpc) is 2.76. The molecule has 1 aromatic carbocycles. The molecule has 0 amide bonds. The highest BCUT2D eigenvalue weighted by Gasteiger charge is 2.19. The maximum atomic E-state index is 5.59. The molecule has 0 aliphatic rings. The minimum atomic E-state index is 0.699. The van der Waals surface area contributed by atoms with Gasteiger partial charge in [0.2, 0.25) is 5.58 Å². The van der Waals surface area contributed by atoms with Crippen LogP contribution in [0.2, 0.25) is 0 Å². The van der Waals surface area contributed by atoms with E-state index in [4.69, 9.17) is 4.42 Å². The van der Waals surface area contributed by atoms with Gasteiger partial charge in [0, 0.05) is 12.5 Å². The zero-order chi connectivity index (χ0) is 14.4. The first-order valence-corrected chi connectivity index (χ1v) is 6.82. The van der Waals surface area contributed by atoms with E-state index in [1.165, 1.54) is 22.3 Å². The molecule has 0 radical (unpaired) electrons. The predicted molar refractivity (Wildman–Crippen MR) is 79.6 cm³/mol. The van der Waals surface area contributed by atoms with E-state index in [1.807, 2.05) is 20.0 Å². The van der Waals surface area contributed by atoms with E-state index in [1.54, 1.807) is 0 Å². The lowest BCUT2D eigenvalue weighted by Gasteiger charge is -2.10. The van der Waals surface area contributed by atoms with Crippen LogP contribution in [0.15, 0.2) is 28.7 Å². The van der Waals surface area contributed by atoms with E-state index in [0.717, 1.165) is 16.9 Å². The van der Waals surface area contributed by atoms with Gasteiger partial charge in [-0.2, -0.15) is 0 Å². The van der Waals surface area contributed by atoms with Crippen LogP contribution in [0.4, 0.5) is 0 Å². The molecule has 2 aromatic heterocycles. The molecule has 3 nitrogen and oxygen atoms in total. The molecule has 0 aliphatic carbocycles. The molecule has 3 aromatic rings. The van der Waals surface area contributed by atoms with Crippen molar-refractivity contribution in [2.24, 2.45) is 7.05 Å². The van der Waals surface area contributed by atoms with Gasteiger partial charge in [-0.1, -0.05) is 11.6 Å². The molecule has 3 rings (SSSR count). The molecule has 102 valence electrons. The molecule has 20 heavy (non-hydrogen) atoms. The summed E-state index contributed by atoms with van der Waals surface area (Å²) < 4.78 is 7.69. The number of hydrogen-bond donors (Lipinski definition) is 0. The van der Waals surface area contributed by atoms with Crippen LogP contribution in [0, 0.1) is 27.7 Å². The number of hydrogen-bond acceptors (Lipinski definition) is 2. The summed E-state index contributed by atoms with van der Waals surface area (Å²) in [5.74, 6) is 0.699. The summed E-state index contributed by atoms with van der Waals surface area (Å²) >= 11 is 0. The monoisotopic (exact) mass is 267 g/mol. The second kappa shape index (κ2) is 4.44. The molecular formula is C17H19N2O+. The molecule has 0 saturated heterocycles. The molecular weight excluding hydrogens is 248 g/mol. The van der Waals surface area contributed by atoms with Crippen LogP contribution >= 0.6 is 0 Å². The van der Waals surface area contributed by atoms with Gasteiger partial charge in [-0.25, -0.2) is 4.57 Å².